The standard InChI is InChI=1S/C14H22N4O/c1-17(2)11-14-16-12-5-3-4-6-13(12)18(14)8-10-19-9-7-15/h3-6H,7-11,15H2,1-2H3. The van der Waals surface area contributed by atoms with Gasteiger partial charge in [-0.1, -0.05) is 12.1 Å². The van der Waals surface area contributed by atoms with E-state index in [1.807, 2.05) is 18.2 Å². The first-order valence-electron chi connectivity index (χ1n) is 6.59. The van der Waals surface area contributed by atoms with Crippen LogP contribution in [-0.2, 0) is 17.8 Å². The van der Waals surface area contributed by atoms with Crippen molar-refractivity contribution in [2.75, 3.05) is 33.9 Å². The van der Waals surface area contributed by atoms with Crippen LogP contribution < -0.4 is 5.73 Å². The minimum absolute atomic E-state index is 0.565. The van der Waals surface area contributed by atoms with Crippen LogP contribution in [0.3, 0.4) is 0 Å². The molecule has 0 aliphatic rings. The second kappa shape index (κ2) is 6.65. The smallest absolute Gasteiger partial charge is 0.124 e. The Morgan fingerprint density at radius 2 is 2.05 bits per heavy atom. The summed E-state index contributed by atoms with van der Waals surface area (Å²) in [6.07, 6.45) is 0. The van der Waals surface area contributed by atoms with E-state index in [0.717, 1.165) is 29.9 Å². The summed E-state index contributed by atoms with van der Waals surface area (Å²) in [7, 11) is 4.10. The van der Waals surface area contributed by atoms with Gasteiger partial charge in [-0.25, -0.2) is 4.98 Å². The predicted octanol–water partition coefficient (Wildman–Crippen LogP) is 1.07. The van der Waals surface area contributed by atoms with Gasteiger partial charge in [-0.2, -0.15) is 0 Å². The molecule has 5 heteroatoms. The van der Waals surface area contributed by atoms with Gasteiger partial charge in [0.25, 0.3) is 0 Å². The molecule has 1 heterocycles. The minimum atomic E-state index is 0.565. The van der Waals surface area contributed by atoms with Gasteiger partial charge in [0.05, 0.1) is 30.8 Å². The number of hydrogen-bond donors (Lipinski definition) is 1. The number of imidazole rings is 1. The lowest BCUT2D eigenvalue weighted by Crippen LogP contribution is -2.18. The third-order valence-electron chi connectivity index (χ3n) is 2.91. The molecule has 2 N–H and O–H groups in total. The van der Waals surface area contributed by atoms with Crippen molar-refractivity contribution in [2.24, 2.45) is 5.73 Å². The van der Waals surface area contributed by atoms with Crippen LogP contribution in [0.1, 0.15) is 5.82 Å². The maximum atomic E-state index is 5.48. The quantitative estimate of drug-likeness (QED) is 0.758. The summed E-state index contributed by atoms with van der Waals surface area (Å²) >= 11 is 0. The number of nitrogens with zero attached hydrogens (tertiary/aromatic N) is 3. The fourth-order valence-electron chi connectivity index (χ4n) is 2.12. The van der Waals surface area contributed by atoms with Gasteiger partial charge >= 0.3 is 0 Å². The Labute approximate surface area is 114 Å². The van der Waals surface area contributed by atoms with Crippen molar-refractivity contribution in [1.29, 1.82) is 0 Å². The highest BCUT2D eigenvalue weighted by atomic mass is 16.5. The van der Waals surface area contributed by atoms with Crippen LogP contribution >= 0.6 is 0 Å². The van der Waals surface area contributed by atoms with E-state index >= 15 is 0 Å². The van der Waals surface area contributed by atoms with Gasteiger partial charge in [-0.3, -0.25) is 0 Å². The molecule has 0 radical (unpaired) electrons. The van der Waals surface area contributed by atoms with Gasteiger partial charge in [0.15, 0.2) is 0 Å². The topological polar surface area (TPSA) is 56.3 Å². The average Bonchev–Trinajstić information content (AvgIpc) is 2.72. The van der Waals surface area contributed by atoms with Crippen molar-refractivity contribution < 1.29 is 4.74 Å². The van der Waals surface area contributed by atoms with Gasteiger partial charge in [-0.05, 0) is 26.2 Å². The van der Waals surface area contributed by atoms with Crippen LogP contribution in [0.25, 0.3) is 11.0 Å². The van der Waals surface area contributed by atoms with Crippen LogP contribution in [0.5, 0.6) is 0 Å². The molecule has 0 aliphatic carbocycles. The average molecular weight is 262 g/mol. The molecule has 0 atom stereocenters. The molecule has 0 spiro atoms. The summed E-state index contributed by atoms with van der Waals surface area (Å²) in [5, 5.41) is 0. The van der Waals surface area contributed by atoms with E-state index in [-0.39, 0.29) is 0 Å². The first-order valence-corrected chi connectivity index (χ1v) is 6.59. The molecule has 2 rings (SSSR count). The first-order chi connectivity index (χ1) is 9.22. The maximum Gasteiger partial charge on any atom is 0.124 e. The number of rotatable bonds is 7. The van der Waals surface area contributed by atoms with Crippen molar-refractivity contribution in [3.05, 3.63) is 30.1 Å². The Bertz CT molecular complexity index is 521. The SMILES string of the molecule is CN(C)Cc1nc2ccccc2n1CCOCCN. The first kappa shape index (κ1) is 14.0. The van der Waals surface area contributed by atoms with Crippen LogP contribution in [-0.4, -0.2) is 48.3 Å². The summed E-state index contributed by atoms with van der Waals surface area (Å²) in [6, 6.07) is 8.21. The third-order valence-corrected chi connectivity index (χ3v) is 2.91. The lowest BCUT2D eigenvalue weighted by atomic mass is 10.3. The highest BCUT2D eigenvalue weighted by Crippen LogP contribution is 2.16. The van der Waals surface area contributed by atoms with Crippen LogP contribution in [0, 0.1) is 0 Å². The number of nitrogens with two attached hydrogens (primary N) is 1. The van der Waals surface area contributed by atoms with Gasteiger partial charge in [-0.15, -0.1) is 0 Å². The molecule has 0 bridgehead atoms. The van der Waals surface area contributed by atoms with E-state index in [1.165, 1.54) is 0 Å². The molecule has 5 nitrogen and oxygen atoms in total. The molecule has 0 aliphatic heterocycles. The molecule has 0 amide bonds. The highest BCUT2D eigenvalue weighted by molar-refractivity contribution is 5.75. The second-order valence-corrected chi connectivity index (χ2v) is 4.81. The number of fused-ring (bicyclic) bond motifs is 1. The summed E-state index contributed by atoms with van der Waals surface area (Å²) in [5.41, 5.74) is 7.63. The van der Waals surface area contributed by atoms with Gasteiger partial charge in [0.1, 0.15) is 5.82 Å². The Kier molecular flexibility index (Phi) is 4.90. The summed E-state index contributed by atoms with van der Waals surface area (Å²) < 4.78 is 7.71. The van der Waals surface area contributed by atoms with Crippen LogP contribution in [0.4, 0.5) is 0 Å². The maximum absolute atomic E-state index is 5.48. The number of hydrogen-bond acceptors (Lipinski definition) is 4. The number of benzene rings is 1. The molecule has 0 saturated carbocycles. The number of aromatic nitrogens is 2. The van der Waals surface area contributed by atoms with E-state index in [4.69, 9.17) is 15.5 Å². The molecule has 104 valence electrons. The fraction of sp³-hybridized carbons (Fsp3) is 0.500. The zero-order chi connectivity index (χ0) is 13.7. The van der Waals surface area contributed by atoms with Crippen molar-refractivity contribution >= 4 is 11.0 Å². The van der Waals surface area contributed by atoms with Gasteiger partial charge in [0, 0.05) is 13.1 Å². The number of ether oxygens (including phenoxy) is 1. The van der Waals surface area contributed by atoms with Crippen molar-refractivity contribution in [3.8, 4) is 0 Å². The molecule has 0 saturated heterocycles. The monoisotopic (exact) mass is 262 g/mol. The van der Waals surface area contributed by atoms with Crippen molar-refractivity contribution in [1.82, 2.24) is 14.5 Å². The molecule has 2 aromatic rings. The Balaban J connectivity index is 2.21. The van der Waals surface area contributed by atoms with Crippen LogP contribution in [0.2, 0.25) is 0 Å². The Morgan fingerprint density at radius 3 is 2.79 bits per heavy atom. The molecular formula is C14H22N4O. The lowest BCUT2D eigenvalue weighted by Gasteiger charge is -2.13. The zero-order valence-electron chi connectivity index (χ0n) is 11.7. The summed E-state index contributed by atoms with van der Waals surface area (Å²) in [5.74, 6) is 1.07. The lowest BCUT2D eigenvalue weighted by molar-refractivity contribution is 0.133. The predicted molar refractivity (Wildman–Crippen MR) is 77.0 cm³/mol. The van der Waals surface area contributed by atoms with Gasteiger partial charge in [0.2, 0.25) is 0 Å². The zero-order valence-corrected chi connectivity index (χ0v) is 11.7. The van der Waals surface area contributed by atoms with E-state index in [0.29, 0.717) is 19.8 Å². The van der Waals surface area contributed by atoms with E-state index in [9.17, 15) is 0 Å². The molecule has 1 aromatic carbocycles. The molecule has 0 unspecified atom stereocenters. The van der Waals surface area contributed by atoms with E-state index in [2.05, 4.69) is 29.6 Å². The Morgan fingerprint density at radius 1 is 1.26 bits per heavy atom. The molecule has 0 fully saturated rings. The molecular weight excluding hydrogens is 240 g/mol. The van der Waals surface area contributed by atoms with E-state index < -0.39 is 0 Å². The minimum Gasteiger partial charge on any atom is -0.378 e. The van der Waals surface area contributed by atoms with E-state index in [1.54, 1.807) is 0 Å². The van der Waals surface area contributed by atoms with Crippen molar-refractivity contribution in [3.63, 3.8) is 0 Å². The molecule has 19 heavy (non-hydrogen) atoms. The summed E-state index contributed by atoms with van der Waals surface area (Å²) in [4.78, 5) is 6.82. The normalized spacial score (nSPS) is 11.6. The molecule has 1 aromatic heterocycles. The fourth-order valence-corrected chi connectivity index (χ4v) is 2.12. The number of para-hydroxylation sites is 2. The van der Waals surface area contributed by atoms with Gasteiger partial charge < -0.3 is 19.9 Å². The van der Waals surface area contributed by atoms with Crippen molar-refractivity contribution in [2.45, 2.75) is 13.1 Å². The van der Waals surface area contributed by atoms with Crippen LogP contribution in [0.15, 0.2) is 24.3 Å². The largest absolute Gasteiger partial charge is 0.378 e. The third kappa shape index (κ3) is 3.53. The summed E-state index contributed by atoms with van der Waals surface area (Å²) in [6.45, 7) is 3.47. The second-order valence-electron chi connectivity index (χ2n) is 4.81. The Hall–Kier alpha value is -1.43. The highest BCUT2D eigenvalue weighted by Gasteiger charge is 2.10.